The molecule has 3 aromatic rings. The van der Waals surface area contributed by atoms with Crippen molar-refractivity contribution in [2.75, 3.05) is 26.2 Å². The van der Waals surface area contributed by atoms with Crippen LogP contribution in [0.4, 0.5) is 0 Å². The van der Waals surface area contributed by atoms with E-state index in [0.29, 0.717) is 0 Å². The molecule has 0 aliphatic carbocycles. The fourth-order valence-corrected chi connectivity index (χ4v) is 3.20. The Balaban J connectivity index is 1.66. The van der Waals surface area contributed by atoms with Gasteiger partial charge in [0.2, 0.25) is 0 Å². The van der Waals surface area contributed by atoms with Gasteiger partial charge in [0.25, 0.3) is 0 Å². The summed E-state index contributed by atoms with van der Waals surface area (Å²) in [4.78, 5) is 0. The van der Waals surface area contributed by atoms with Gasteiger partial charge in [-0.3, -0.25) is 0 Å². The van der Waals surface area contributed by atoms with Crippen LogP contribution in [0.15, 0.2) is 54.6 Å². The van der Waals surface area contributed by atoms with E-state index in [4.69, 9.17) is 5.73 Å². The Morgan fingerprint density at radius 1 is 0.708 bits per heavy atom. The molecule has 3 rings (SSSR count). The largest absolute Gasteiger partial charge is 0.330 e. The van der Waals surface area contributed by atoms with Gasteiger partial charge in [-0.15, -0.1) is 0 Å². The molecule has 0 aliphatic heterocycles. The van der Waals surface area contributed by atoms with E-state index in [2.05, 4.69) is 65.2 Å². The first kappa shape index (κ1) is 16.9. The summed E-state index contributed by atoms with van der Waals surface area (Å²) in [5.74, 6) is 0. The zero-order valence-corrected chi connectivity index (χ0v) is 14.2. The van der Waals surface area contributed by atoms with Gasteiger partial charge in [0.05, 0.1) is 0 Å². The van der Waals surface area contributed by atoms with E-state index in [0.717, 1.165) is 45.6 Å². The SMILES string of the molecule is NCCCNCCCNCc1c2ccccc2cc2ccccc12. The summed E-state index contributed by atoms with van der Waals surface area (Å²) >= 11 is 0. The molecular weight excluding hydrogens is 294 g/mol. The molecule has 0 radical (unpaired) electrons. The molecule has 3 heteroatoms. The lowest BCUT2D eigenvalue weighted by molar-refractivity contribution is 0.588. The van der Waals surface area contributed by atoms with Crippen LogP contribution in [-0.4, -0.2) is 26.2 Å². The first-order valence-corrected chi connectivity index (χ1v) is 8.91. The maximum atomic E-state index is 5.49. The minimum Gasteiger partial charge on any atom is -0.330 e. The molecule has 0 heterocycles. The lowest BCUT2D eigenvalue weighted by atomic mass is 9.97. The molecule has 0 spiro atoms. The predicted octanol–water partition coefficient (Wildman–Crippen LogP) is 3.41. The van der Waals surface area contributed by atoms with Crippen molar-refractivity contribution in [1.29, 1.82) is 0 Å². The van der Waals surface area contributed by atoms with Gasteiger partial charge in [-0.2, -0.15) is 0 Å². The summed E-state index contributed by atoms with van der Waals surface area (Å²) in [5.41, 5.74) is 6.90. The van der Waals surface area contributed by atoms with Crippen molar-refractivity contribution in [2.45, 2.75) is 19.4 Å². The fourth-order valence-electron chi connectivity index (χ4n) is 3.20. The van der Waals surface area contributed by atoms with Crippen LogP contribution >= 0.6 is 0 Å². The third kappa shape index (κ3) is 4.12. The number of nitrogens with two attached hydrogens (primary N) is 1. The summed E-state index contributed by atoms with van der Waals surface area (Å²) in [6, 6.07) is 19.6. The quantitative estimate of drug-likeness (QED) is 0.418. The molecule has 0 aliphatic rings. The summed E-state index contributed by atoms with van der Waals surface area (Å²) < 4.78 is 0. The Morgan fingerprint density at radius 2 is 1.29 bits per heavy atom. The highest BCUT2D eigenvalue weighted by Gasteiger charge is 2.06. The van der Waals surface area contributed by atoms with Gasteiger partial charge >= 0.3 is 0 Å². The molecule has 0 saturated carbocycles. The van der Waals surface area contributed by atoms with Gasteiger partial charge in [0.15, 0.2) is 0 Å². The van der Waals surface area contributed by atoms with E-state index in [1.165, 1.54) is 27.1 Å². The normalized spacial score (nSPS) is 11.4. The highest BCUT2D eigenvalue weighted by atomic mass is 14.9. The highest BCUT2D eigenvalue weighted by Crippen LogP contribution is 2.28. The monoisotopic (exact) mass is 321 g/mol. The molecule has 0 amide bonds. The van der Waals surface area contributed by atoms with Gasteiger partial charge in [-0.25, -0.2) is 0 Å². The average molecular weight is 321 g/mol. The van der Waals surface area contributed by atoms with E-state index in [1.54, 1.807) is 0 Å². The van der Waals surface area contributed by atoms with Gasteiger partial charge < -0.3 is 16.4 Å². The van der Waals surface area contributed by atoms with E-state index in [1.807, 2.05) is 0 Å². The summed E-state index contributed by atoms with van der Waals surface area (Å²) in [7, 11) is 0. The number of hydrogen-bond donors (Lipinski definition) is 3. The number of benzene rings is 3. The zero-order chi connectivity index (χ0) is 16.6. The van der Waals surface area contributed by atoms with Crippen molar-refractivity contribution in [3.05, 3.63) is 60.2 Å². The van der Waals surface area contributed by atoms with Gasteiger partial charge in [-0.05, 0) is 72.2 Å². The average Bonchev–Trinajstić information content (AvgIpc) is 2.63. The molecule has 0 fully saturated rings. The van der Waals surface area contributed by atoms with Crippen LogP contribution in [0.3, 0.4) is 0 Å². The van der Waals surface area contributed by atoms with E-state index in [-0.39, 0.29) is 0 Å². The summed E-state index contributed by atoms with van der Waals surface area (Å²) in [5, 5.41) is 12.4. The molecule has 0 aromatic heterocycles. The van der Waals surface area contributed by atoms with Crippen LogP contribution in [0, 0.1) is 0 Å². The van der Waals surface area contributed by atoms with Crippen molar-refractivity contribution in [2.24, 2.45) is 5.73 Å². The molecule has 4 N–H and O–H groups in total. The molecule has 126 valence electrons. The van der Waals surface area contributed by atoms with Crippen molar-refractivity contribution < 1.29 is 0 Å². The zero-order valence-electron chi connectivity index (χ0n) is 14.2. The first-order chi connectivity index (χ1) is 11.9. The van der Waals surface area contributed by atoms with Gasteiger partial charge in [0.1, 0.15) is 0 Å². The minimum absolute atomic E-state index is 0.763. The molecule has 3 nitrogen and oxygen atoms in total. The second-order valence-electron chi connectivity index (χ2n) is 6.22. The molecular formula is C21H27N3. The van der Waals surface area contributed by atoms with Crippen LogP contribution in [0.25, 0.3) is 21.5 Å². The highest BCUT2D eigenvalue weighted by molar-refractivity contribution is 6.02. The van der Waals surface area contributed by atoms with Crippen LogP contribution < -0.4 is 16.4 Å². The van der Waals surface area contributed by atoms with Crippen molar-refractivity contribution >= 4 is 21.5 Å². The predicted molar refractivity (Wildman–Crippen MR) is 104 cm³/mol. The van der Waals surface area contributed by atoms with Crippen LogP contribution in [0.5, 0.6) is 0 Å². The summed E-state index contributed by atoms with van der Waals surface area (Å²) in [6.45, 7) is 4.75. The molecule has 0 atom stereocenters. The lowest BCUT2D eigenvalue weighted by Gasteiger charge is -2.13. The fraction of sp³-hybridized carbons (Fsp3) is 0.333. The Kier molecular flexibility index (Phi) is 6.19. The number of nitrogens with one attached hydrogen (secondary N) is 2. The topological polar surface area (TPSA) is 50.1 Å². The standard InChI is InChI=1S/C21H27N3/c22-11-5-12-23-13-6-14-24-16-21-19-9-3-1-7-17(19)15-18-8-2-4-10-20(18)21/h1-4,7-10,15,23-24H,5-6,11-14,16,22H2. The smallest absolute Gasteiger partial charge is 0.0217 e. The first-order valence-electron chi connectivity index (χ1n) is 8.91. The van der Waals surface area contributed by atoms with Crippen LogP contribution in [0.1, 0.15) is 18.4 Å². The second kappa shape index (κ2) is 8.78. The van der Waals surface area contributed by atoms with Gasteiger partial charge in [-0.1, -0.05) is 48.5 Å². The number of rotatable bonds is 9. The Bertz CT molecular complexity index is 728. The van der Waals surface area contributed by atoms with E-state index >= 15 is 0 Å². The molecule has 24 heavy (non-hydrogen) atoms. The van der Waals surface area contributed by atoms with Crippen LogP contribution in [0.2, 0.25) is 0 Å². The molecule has 0 unspecified atom stereocenters. The maximum absolute atomic E-state index is 5.49. The van der Waals surface area contributed by atoms with E-state index in [9.17, 15) is 0 Å². The van der Waals surface area contributed by atoms with Crippen LogP contribution in [-0.2, 0) is 6.54 Å². The third-order valence-electron chi connectivity index (χ3n) is 4.45. The second-order valence-corrected chi connectivity index (χ2v) is 6.22. The Labute approximate surface area is 144 Å². The lowest BCUT2D eigenvalue weighted by Crippen LogP contribution is -2.23. The Hall–Kier alpha value is -1.94. The van der Waals surface area contributed by atoms with Crippen molar-refractivity contribution in [3.63, 3.8) is 0 Å². The minimum atomic E-state index is 0.763. The molecule has 0 saturated heterocycles. The summed E-state index contributed by atoms with van der Waals surface area (Å²) in [6.07, 6.45) is 2.18. The maximum Gasteiger partial charge on any atom is 0.0217 e. The van der Waals surface area contributed by atoms with Crippen molar-refractivity contribution in [1.82, 2.24) is 10.6 Å². The number of fused-ring (bicyclic) bond motifs is 2. The van der Waals surface area contributed by atoms with E-state index < -0.39 is 0 Å². The Morgan fingerprint density at radius 3 is 1.96 bits per heavy atom. The van der Waals surface area contributed by atoms with Gasteiger partial charge in [0, 0.05) is 6.54 Å². The number of hydrogen-bond acceptors (Lipinski definition) is 3. The molecule has 0 bridgehead atoms. The molecule has 3 aromatic carbocycles. The third-order valence-corrected chi connectivity index (χ3v) is 4.45. The van der Waals surface area contributed by atoms with Crippen molar-refractivity contribution in [3.8, 4) is 0 Å².